The third-order valence-electron chi connectivity index (χ3n) is 4.23. The highest BCUT2D eigenvalue weighted by Crippen LogP contribution is 2.26. The molecule has 1 aromatic carbocycles. The first-order valence-electron chi connectivity index (χ1n) is 8.00. The highest BCUT2D eigenvalue weighted by molar-refractivity contribution is 5.91. The number of aliphatic hydroxyl groups excluding tert-OH is 1. The summed E-state index contributed by atoms with van der Waals surface area (Å²) < 4.78 is 11.0. The summed E-state index contributed by atoms with van der Waals surface area (Å²) in [6.07, 6.45) is 4.02. The molecule has 23 heavy (non-hydrogen) atoms. The molecule has 1 aliphatic carbocycles. The monoisotopic (exact) mass is 315 g/mol. The third-order valence-corrected chi connectivity index (χ3v) is 4.23. The molecular weight excluding hydrogens is 294 g/mol. The molecule has 2 N–H and O–H groups in total. The van der Waals surface area contributed by atoms with Crippen molar-refractivity contribution >= 4 is 5.91 Å². The summed E-state index contributed by atoms with van der Waals surface area (Å²) in [4.78, 5) is 12.3. The molecule has 0 saturated heterocycles. The molecule has 0 aliphatic heterocycles. The zero-order valence-corrected chi connectivity index (χ0v) is 12.9. The molecule has 1 saturated carbocycles. The molecule has 2 atom stereocenters. The van der Waals surface area contributed by atoms with E-state index < -0.39 is 0 Å². The van der Waals surface area contributed by atoms with Crippen molar-refractivity contribution in [2.75, 3.05) is 6.61 Å². The van der Waals surface area contributed by atoms with Gasteiger partial charge in [-0.1, -0.05) is 31.0 Å². The summed E-state index contributed by atoms with van der Waals surface area (Å²) in [7, 11) is 0. The van der Waals surface area contributed by atoms with Gasteiger partial charge < -0.3 is 19.6 Å². The second-order valence-corrected chi connectivity index (χ2v) is 5.84. The van der Waals surface area contributed by atoms with Crippen LogP contribution in [0.25, 0.3) is 0 Å². The van der Waals surface area contributed by atoms with Gasteiger partial charge >= 0.3 is 0 Å². The summed E-state index contributed by atoms with van der Waals surface area (Å²) in [5.74, 6) is 1.02. The van der Waals surface area contributed by atoms with Gasteiger partial charge in [-0.3, -0.25) is 4.79 Å². The van der Waals surface area contributed by atoms with Crippen LogP contribution >= 0.6 is 0 Å². The number of hydrogen-bond donors (Lipinski definition) is 2. The number of benzene rings is 1. The fourth-order valence-electron chi connectivity index (χ4n) is 2.96. The highest BCUT2D eigenvalue weighted by atomic mass is 16.6. The number of nitrogens with one attached hydrogen (secondary N) is 1. The fraction of sp³-hybridized carbons (Fsp3) is 0.389. The molecule has 0 radical (unpaired) electrons. The molecule has 3 rings (SSSR count). The SMILES string of the molecule is O=C(NC1CCCCC1CO)c1ccc(Oc2ccccc2)o1. The molecule has 5 heteroatoms. The van der Waals surface area contributed by atoms with Crippen LogP contribution in [0.3, 0.4) is 0 Å². The lowest BCUT2D eigenvalue weighted by Crippen LogP contribution is -2.43. The Morgan fingerprint density at radius 1 is 1.17 bits per heavy atom. The predicted molar refractivity (Wildman–Crippen MR) is 85.5 cm³/mol. The average molecular weight is 315 g/mol. The topological polar surface area (TPSA) is 71.7 Å². The van der Waals surface area contributed by atoms with Gasteiger partial charge in [0.1, 0.15) is 5.75 Å². The first-order valence-corrected chi connectivity index (χ1v) is 8.00. The summed E-state index contributed by atoms with van der Waals surface area (Å²) in [5.41, 5.74) is 0. The van der Waals surface area contributed by atoms with Gasteiger partial charge in [0.2, 0.25) is 0 Å². The van der Waals surface area contributed by atoms with Crippen LogP contribution < -0.4 is 10.1 Å². The standard InChI is InChI=1S/C18H21NO4/c20-12-13-6-4-5-9-15(13)19-18(21)16-10-11-17(23-16)22-14-7-2-1-3-8-14/h1-3,7-8,10-11,13,15,20H,4-6,9,12H2,(H,19,21). The summed E-state index contributed by atoms with van der Waals surface area (Å²) in [6, 6.07) is 12.5. The van der Waals surface area contributed by atoms with Crippen molar-refractivity contribution in [3.05, 3.63) is 48.2 Å². The number of ether oxygens (including phenoxy) is 1. The lowest BCUT2D eigenvalue weighted by molar-refractivity contribution is 0.0840. The summed E-state index contributed by atoms with van der Waals surface area (Å²) >= 11 is 0. The van der Waals surface area contributed by atoms with Crippen molar-refractivity contribution in [3.63, 3.8) is 0 Å². The molecule has 1 fully saturated rings. The van der Waals surface area contributed by atoms with E-state index in [9.17, 15) is 9.90 Å². The molecule has 2 aromatic rings. The maximum atomic E-state index is 12.3. The first kappa shape index (κ1) is 15.6. The number of carbonyl (C=O) groups is 1. The Hall–Kier alpha value is -2.27. The number of carbonyl (C=O) groups excluding carboxylic acids is 1. The van der Waals surface area contributed by atoms with Crippen LogP contribution in [0.2, 0.25) is 0 Å². The van der Waals surface area contributed by atoms with Crippen molar-refractivity contribution in [1.82, 2.24) is 5.32 Å². The van der Waals surface area contributed by atoms with Gasteiger partial charge in [0.25, 0.3) is 11.9 Å². The second-order valence-electron chi connectivity index (χ2n) is 5.84. The van der Waals surface area contributed by atoms with Gasteiger partial charge in [-0.05, 0) is 31.0 Å². The van der Waals surface area contributed by atoms with Crippen LogP contribution in [0.5, 0.6) is 11.7 Å². The zero-order chi connectivity index (χ0) is 16.1. The van der Waals surface area contributed by atoms with Crippen molar-refractivity contribution in [2.24, 2.45) is 5.92 Å². The van der Waals surface area contributed by atoms with Crippen molar-refractivity contribution in [3.8, 4) is 11.7 Å². The van der Waals surface area contributed by atoms with E-state index in [2.05, 4.69) is 5.32 Å². The van der Waals surface area contributed by atoms with E-state index in [4.69, 9.17) is 9.15 Å². The molecule has 1 aliphatic rings. The van der Waals surface area contributed by atoms with E-state index >= 15 is 0 Å². The Morgan fingerprint density at radius 2 is 1.96 bits per heavy atom. The van der Waals surface area contributed by atoms with E-state index in [1.807, 2.05) is 30.3 Å². The number of furan rings is 1. The van der Waals surface area contributed by atoms with Crippen molar-refractivity contribution in [2.45, 2.75) is 31.7 Å². The Kier molecular flexibility index (Phi) is 4.98. The normalized spacial score (nSPS) is 20.9. The first-order chi connectivity index (χ1) is 11.3. The van der Waals surface area contributed by atoms with Gasteiger partial charge in [-0.2, -0.15) is 0 Å². The Bertz CT molecular complexity index is 637. The molecular formula is C18H21NO4. The largest absolute Gasteiger partial charge is 0.426 e. The summed E-state index contributed by atoms with van der Waals surface area (Å²) in [5, 5.41) is 12.4. The van der Waals surface area contributed by atoms with E-state index in [1.54, 1.807) is 12.1 Å². The van der Waals surface area contributed by atoms with E-state index in [1.165, 1.54) is 0 Å². The Morgan fingerprint density at radius 3 is 2.74 bits per heavy atom. The van der Waals surface area contributed by atoms with Gasteiger partial charge in [0.15, 0.2) is 5.76 Å². The maximum absolute atomic E-state index is 12.3. The molecule has 5 nitrogen and oxygen atoms in total. The molecule has 0 spiro atoms. The molecule has 2 unspecified atom stereocenters. The van der Waals surface area contributed by atoms with Gasteiger partial charge in [0.05, 0.1) is 0 Å². The van der Waals surface area contributed by atoms with E-state index in [0.29, 0.717) is 5.75 Å². The maximum Gasteiger partial charge on any atom is 0.290 e. The fourth-order valence-corrected chi connectivity index (χ4v) is 2.96. The number of para-hydroxylation sites is 1. The summed E-state index contributed by atoms with van der Waals surface area (Å²) in [6.45, 7) is 0.103. The third kappa shape index (κ3) is 3.93. The van der Waals surface area contributed by atoms with Crippen LogP contribution in [-0.4, -0.2) is 23.7 Å². The molecule has 1 amide bonds. The molecule has 122 valence electrons. The lowest BCUT2D eigenvalue weighted by Gasteiger charge is -2.30. The minimum absolute atomic E-state index is 0.00448. The average Bonchev–Trinajstić information content (AvgIpc) is 3.05. The minimum Gasteiger partial charge on any atom is -0.426 e. The predicted octanol–water partition coefficient (Wildman–Crippen LogP) is 3.35. The van der Waals surface area contributed by atoms with Gasteiger partial charge in [-0.15, -0.1) is 0 Å². The van der Waals surface area contributed by atoms with Gasteiger partial charge in [0, 0.05) is 24.6 Å². The van der Waals surface area contributed by atoms with Crippen LogP contribution in [0, 0.1) is 5.92 Å². The number of rotatable bonds is 5. The quantitative estimate of drug-likeness (QED) is 0.887. The number of aliphatic hydroxyl groups is 1. The van der Waals surface area contributed by atoms with Crippen molar-refractivity contribution in [1.29, 1.82) is 0 Å². The van der Waals surface area contributed by atoms with Crippen LogP contribution in [0.1, 0.15) is 36.2 Å². The van der Waals surface area contributed by atoms with Crippen LogP contribution in [-0.2, 0) is 0 Å². The van der Waals surface area contributed by atoms with E-state index in [0.717, 1.165) is 25.7 Å². The smallest absolute Gasteiger partial charge is 0.290 e. The second kappa shape index (κ2) is 7.33. The van der Waals surface area contributed by atoms with Gasteiger partial charge in [-0.25, -0.2) is 0 Å². The highest BCUT2D eigenvalue weighted by Gasteiger charge is 2.27. The Labute approximate surface area is 135 Å². The van der Waals surface area contributed by atoms with Crippen LogP contribution in [0.15, 0.2) is 46.9 Å². The van der Waals surface area contributed by atoms with Crippen molar-refractivity contribution < 1.29 is 19.1 Å². The Balaban J connectivity index is 1.62. The number of amides is 1. The minimum atomic E-state index is -0.265. The van der Waals surface area contributed by atoms with Crippen LogP contribution in [0.4, 0.5) is 0 Å². The number of hydrogen-bond acceptors (Lipinski definition) is 4. The molecule has 1 heterocycles. The van der Waals surface area contributed by atoms with E-state index in [-0.39, 0.29) is 36.2 Å². The molecule has 1 aromatic heterocycles. The molecule has 0 bridgehead atoms. The zero-order valence-electron chi connectivity index (χ0n) is 12.9. The lowest BCUT2D eigenvalue weighted by atomic mass is 9.85.